The van der Waals surface area contributed by atoms with E-state index in [9.17, 15) is 4.79 Å². The fraction of sp³-hybridized carbons (Fsp3) is 0.308. The molecule has 1 atom stereocenters. The molecule has 1 fully saturated rings. The number of aromatic nitrogens is 2. The molecule has 3 aliphatic rings. The van der Waals surface area contributed by atoms with E-state index in [4.69, 9.17) is 20.2 Å². The average Bonchev–Trinajstić information content (AvgIpc) is 3.32. The van der Waals surface area contributed by atoms with Gasteiger partial charge in [-0.25, -0.2) is 9.97 Å². The number of hydrogen-bond donors (Lipinski definition) is 1. The van der Waals surface area contributed by atoms with Gasteiger partial charge in [-0.15, -0.1) is 0 Å². The minimum atomic E-state index is 0.0525. The smallest absolute Gasteiger partial charge is 0.254 e. The Labute approximate surface area is 197 Å². The average molecular weight is 456 g/mol. The predicted molar refractivity (Wildman–Crippen MR) is 129 cm³/mol. The van der Waals surface area contributed by atoms with Crippen LogP contribution in [-0.4, -0.2) is 59.4 Å². The van der Waals surface area contributed by atoms with Crippen LogP contribution < -0.4 is 10.5 Å². The van der Waals surface area contributed by atoms with Gasteiger partial charge < -0.3 is 20.1 Å². The van der Waals surface area contributed by atoms with Crippen molar-refractivity contribution in [3.05, 3.63) is 65.4 Å². The number of nitrogens with two attached hydrogens (primary N) is 1. The third-order valence-electron chi connectivity index (χ3n) is 6.67. The van der Waals surface area contributed by atoms with Crippen molar-refractivity contribution in [1.82, 2.24) is 14.9 Å². The molecule has 1 unspecified atom stereocenters. The first-order valence-electron chi connectivity index (χ1n) is 11.6. The Morgan fingerprint density at radius 3 is 2.79 bits per heavy atom. The molecule has 0 spiro atoms. The molecule has 1 aromatic heterocycles. The number of ether oxygens (including phenoxy) is 2. The number of fused-ring (bicyclic) bond motifs is 2. The molecule has 6 rings (SSSR count). The molecule has 1 amide bonds. The summed E-state index contributed by atoms with van der Waals surface area (Å²) in [5.41, 5.74) is 12.5. The van der Waals surface area contributed by atoms with Crippen molar-refractivity contribution in [2.75, 3.05) is 38.6 Å². The van der Waals surface area contributed by atoms with Gasteiger partial charge in [0.2, 0.25) is 5.95 Å². The van der Waals surface area contributed by atoms with Gasteiger partial charge in [0.05, 0.1) is 31.2 Å². The van der Waals surface area contributed by atoms with Crippen molar-refractivity contribution in [2.24, 2.45) is 10.9 Å². The van der Waals surface area contributed by atoms with Crippen molar-refractivity contribution < 1.29 is 14.3 Å². The monoisotopic (exact) mass is 455 g/mol. The molecule has 1 saturated heterocycles. The predicted octanol–water partition coefficient (Wildman–Crippen LogP) is 3.08. The molecule has 2 N–H and O–H groups in total. The number of aliphatic imine (C=N–C) groups is 1. The summed E-state index contributed by atoms with van der Waals surface area (Å²) in [6, 6.07) is 13.8. The number of carbonyl (C=O) groups is 1. The second kappa shape index (κ2) is 8.53. The SMILES string of the molecule is Nc1nccc(-c2ccc3c(c2)N=C(C2COc4ccc(C(=O)N5CCOCC5)cc4C2)C3)n1. The maximum Gasteiger partial charge on any atom is 0.254 e. The molecule has 34 heavy (non-hydrogen) atoms. The van der Waals surface area contributed by atoms with Gasteiger partial charge in [-0.2, -0.15) is 0 Å². The highest BCUT2D eigenvalue weighted by Crippen LogP contribution is 2.36. The van der Waals surface area contributed by atoms with Crippen LogP contribution in [0.2, 0.25) is 0 Å². The number of benzene rings is 2. The number of amides is 1. The lowest BCUT2D eigenvalue weighted by Crippen LogP contribution is -2.40. The molecule has 2 aromatic carbocycles. The number of carbonyl (C=O) groups excluding carboxylic acids is 1. The summed E-state index contributed by atoms with van der Waals surface area (Å²) in [5, 5.41) is 0. The maximum absolute atomic E-state index is 12.9. The summed E-state index contributed by atoms with van der Waals surface area (Å²) in [6.07, 6.45) is 3.27. The lowest BCUT2D eigenvalue weighted by molar-refractivity contribution is 0.0302. The molecule has 0 radical (unpaired) electrons. The van der Waals surface area contributed by atoms with E-state index in [1.165, 1.54) is 5.56 Å². The van der Waals surface area contributed by atoms with E-state index in [-0.39, 0.29) is 17.8 Å². The van der Waals surface area contributed by atoms with Gasteiger partial charge in [-0.3, -0.25) is 9.79 Å². The Hall–Kier alpha value is -3.78. The molecule has 0 saturated carbocycles. The number of hydrogen-bond acceptors (Lipinski definition) is 7. The van der Waals surface area contributed by atoms with Crippen molar-refractivity contribution in [1.29, 1.82) is 0 Å². The standard InChI is InChI=1S/C26H25N5O3/c27-26-28-6-5-21(30-26)16-1-2-17-14-23(29-22(17)13-16)20-12-19-11-18(3-4-24(19)34-15-20)25(32)31-7-9-33-10-8-31/h1-6,11,13,20H,7-10,12,14-15H2,(H2,27,28,30). The Bertz CT molecular complexity index is 1300. The van der Waals surface area contributed by atoms with Gasteiger partial charge in [0.15, 0.2) is 0 Å². The first-order valence-corrected chi connectivity index (χ1v) is 11.6. The first-order chi connectivity index (χ1) is 16.6. The largest absolute Gasteiger partial charge is 0.493 e. The Kier molecular flexibility index (Phi) is 5.22. The summed E-state index contributed by atoms with van der Waals surface area (Å²) >= 11 is 0. The quantitative estimate of drug-likeness (QED) is 0.651. The van der Waals surface area contributed by atoms with Crippen molar-refractivity contribution in [3.63, 3.8) is 0 Å². The molecule has 8 nitrogen and oxygen atoms in total. The van der Waals surface area contributed by atoms with E-state index < -0.39 is 0 Å². The van der Waals surface area contributed by atoms with Gasteiger partial charge in [-0.1, -0.05) is 12.1 Å². The molecule has 0 bridgehead atoms. The van der Waals surface area contributed by atoms with Gasteiger partial charge in [-0.05, 0) is 47.9 Å². The zero-order valence-corrected chi connectivity index (χ0v) is 18.7. The molecule has 0 aliphatic carbocycles. The summed E-state index contributed by atoms with van der Waals surface area (Å²) in [5.74, 6) is 1.34. The van der Waals surface area contributed by atoms with E-state index in [2.05, 4.69) is 28.2 Å². The summed E-state index contributed by atoms with van der Waals surface area (Å²) < 4.78 is 11.4. The van der Waals surface area contributed by atoms with E-state index in [0.29, 0.717) is 38.5 Å². The van der Waals surface area contributed by atoms with Crippen molar-refractivity contribution in [2.45, 2.75) is 12.8 Å². The third kappa shape index (κ3) is 3.90. The van der Waals surface area contributed by atoms with E-state index in [1.54, 1.807) is 6.20 Å². The van der Waals surface area contributed by atoms with Gasteiger partial charge in [0.25, 0.3) is 5.91 Å². The lowest BCUT2D eigenvalue weighted by Gasteiger charge is -2.28. The van der Waals surface area contributed by atoms with Crippen LogP contribution in [0.3, 0.4) is 0 Å². The zero-order valence-electron chi connectivity index (χ0n) is 18.7. The van der Waals surface area contributed by atoms with Crippen LogP contribution in [0, 0.1) is 5.92 Å². The van der Waals surface area contributed by atoms with Crippen LogP contribution in [0.1, 0.15) is 21.5 Å². The Morgan fingerprint density at radius 2 is 1.94 bits per heavy atom. The second-order valence-electron chi connectivity index (χ2n) is 8.86. The van der Waals surface area contributed by atoms with E-state index >= 15 is 0 Å². The second-order valence-corrected chi connectivity index (χ2v) is 8.86. The number of rotatable bonds is 3. The third-order valence-corrected chi connectivity index (χ3v) is 6.67. The molecule has 4 heterocycles. The highest BCUT2D eigenvalue weighted by molar-refractivity contribution is 5.97. The normalized spacial score (nSPS) is 19.1. The number of nitrogens with zero attached hydrogens (tertiary/aromatic N) is 4. The molecular weight excluding hydrogens is 430 g/mol. The van der Waals surface area contributed by atoms with Crippen LogP contribution in [0.4, 0.5) is 11.6 Å². The summed E-state index contributed by atoms with van der Waals surface area (Å²) in [7, 11) is 0. The van der Waals surface area contributed by atoms with Crippen molar-refractivity contribution in [3.8, 4) is 17.0 Å². The molecule has 3 aliphatic heterocycles. The minimum Gasteiger partial charge on any atom is -0.493 e. The highest BCUT2D eigenvalue weighted by Gasteiger charge is 2.29. The van der Waals surface area contributed by atoms with Crippen molar-refractivity contribution >= 4 is 23.3 Å². The minimum absolute atomic E-state index is 0.0525. The zero-order chi connectivity index (χ0) is 23.1. The topological polar surface area (TPSA) is 103 Å². The van der Waals surface area contributed by atoms with Gasteiger partial charge >= 0.3 is 0 Å². The molecular formula is C26H25N5O3. The molecule has 8 heteroatoms. The van der Waals surface area contributed by atoms with Crippen LogP contribution >= 0.6 is 0 Å². The number of morpholine rings is 1. The summed E-state index contributed by atoms with van der Waals surface area (Å²) in [4.78, 5) is 28.0. The van der Waals surface area contributed by atoms with Gasteiger partial charge in [0, 0.05) is 48.5 Å². The fourth-order valence-corrected chi connectivity index (χ4v) is 4.83. The van der Waals surface area contributed by atoms with Crippen LogP contribution in [-0.2, 0) is 17.6 Å². The number of anilines is 1. The Balaban J connectivity index is 1.21. The van der Waals surface area contributed by atoms with Gasteiger partial charge in [0.1, 0.15) is 5.75 Å². The van der Waals surface area contributed by atoms with Crippen LogP contribution in [0.15, 0.2) is 53.7 Å². The number of nitrogen functional groups attached to an aromatic ring is 1. The highest BCUT2D eigenvalue weighted by atomic mass is 16.5. The lowest BCUT2D eigenvalue weighted by atomic mass is 9.89. The van der Waals surface area contributed by atoms with Crippen LogP contribution in [0.5, 0.6) is 5.75 Å². The molecule has 3 aromatic rings. The molecule has 172 valence electrons. The van der Waals surface area contributed by atoms with Crippen LogP contribution in [0.25, 0.3) is 11.3 Å². The first kappa shape index (κ1) is 20.8. The van der Waals surface area contributed by atoms with E-state index in [0.717, 1.165) is 46.8 Å². The van der Waals surface area contributed by atoms with E-state index in [1.807, 2.05) is 29.2 Å². The maximum atomic E-state index is 12.9. The summed E-state index contributed by atoms with van der Waals surface area (Å²) in [6.45, 7) is 3.04. The Morgan fingerprint density at radius 1 is 1.06 bits per heavy atom. The fourth-order valence-electron chi connectivity index (χ4n) is 4.83.